The standard InChI is InChI=1S/C12H24N2O2S/c1-14(9-5-8-13)12(15)10-17(16)11-6-3-2-4-7-11/h11H,2-10,13H2,1H3. The average molecular weight is 260 g/mol. The van der Waals surface area contributed by atoms with E-state index in [2.05, 4.69) is 0 Å². The summed E-state index contributed by atoms with van der Waals surface area (Å²) in [6.45, 7) is 1.25. The van der Waals surface area contributed by atoms with E-state index in [1.807, 2.05) is 0 Å². The summed E-state index contributed by atoms with van der Waals surface area (Å²) in [4.78, 5) is 13.4. The van der Waals surface area contributed by atoms with Gasteiger partial charge in [0, 0.05) is 29.6 Å². The van der Waals surface area contributed by atoms with E-state index in [1.54, 1.807) is 11.9 Å². The fraction of sp³-hybridized carbons (Fsp3) is 0.917. The highest BCUT2D eigenvalue weighted by atomic mass is 32.2. The van der Waals surface area contributed by atoms with Crippen molar-refractivity contribution in [3.8, 4) is 0 Å². The highest BCUT2D eigenvalue weighted by Gasteiger charge is 2.22. The Morgan fingerprint density at radius 2 is 2.00 bits per heavy atom. The van der Waals surface area contributed by atoms with Gasteiger partial charge in [-0.3, -0.25) is 9.00 Å². The number of hydrogen-bond donors (Lipinski definition) is 1. The van der Waals surface area contributed by atoms with Gasteiger partial charge >= 0.3 is 0 Å². The Balaban J connectivity index is 2.31. The van der Waals surface area contributed by atoms with Gasteiger partial charge in [-0.05, 0) is 25.8 Å². The van der Waals surface area contributed by atoms with E-state index in [-0.39, 0.29) is 16.9 Å². The molecule has 0 aromatic rings. The monoisotopic (exact) mass is 260 g/mol. The lowest BCUT2D eigenvalue weighted by Crippen LogP contribution is -2.35. The molecule has 5 heteroatoms. The molecule has 17 heavy (non-hydrogen) atoms. The van der Waals surface area contributed by atoms with Crippen molar-refractivity contribution in [2.24, 2.45) is 5.73 Å². The van der Waals surface area contributed by atoms with Crippen LogP contribution in [-0.4, -0.2) is 46.2 Å². The van der Waals surface area contributed by atoms with Crippen molar-refractivity contribution in [2.45, 2.75) is 43.8 Å². The van der Waals surface area contributed by atoms with E-state index >= 15 is 0 Å². The minimum atomic E-state index is -0.985. The highest BCUT2D eigenvalue weighted by Crippen LogP contribution is 2.22. The predicted octanol–water partition coefficient (Wildman–Crippen LogP) is 0.875. The maximum Gasteiger partial charge on any atom is 0.234 e. The van der Waals surface area contributed by atoms with Crippen molar-refractivity contribution in [1.82, 2.24) is 4.90 Å². The van der Waals surface area contributed by atoms with Gasteiger partial charge in [0.1, 0.15) is 5.75 Å². The first-order chi connectivity index (χ1) is 8.15. The number of hydrogen-bond acceptors (Lipinski definition) is 3. The molecule has 1 aliphatic carbocycles. The number of nitrogens with two attached hydrogens (primary N) is 1. The van der Waals surface area contributed by atoms with Crippen LogP contribution in [0.5, 0.6) is 0 Å². The summed E-state index contributed by atoms with van der Waals surface area (Å²) in [5.74, 6) is 0.175. The van der Waals surface area contributed by atoms with Crippen molar-refractivity contribution < 1.29 is 9.00 Å². The number of carbonyl (C=O) groups is 1. The molecule has 1 atom stereocenters. The lowest BCUT2D eigenvalue weighted by atomic mass is 10.0. The van der Waals surface area contributed by atoms with Crippen LogP contribution < -0.4 is 5.73 Å². The summed E-state index contributed by atoms with van der Waals surface area (Å²) in [6.07, 6.45) is 6.41. The number of rotatable bonds is 6. The lowest BCUT2D eigenvalue weighted by molar-refractivity contribution is -0.127. The second kappa shape index (κ2) is 7.82. The first kappa shape index (κ1) is 14.6. The van der Waals surface area contributed by atoms with Gasteiger partial charge in [-0.1, -0.05) is 19.3 Å². The summed E-state index contributed by atoms with van der Waals surface area (Å²) >= 11 is 0. The third kappa shape index (κ3) is 5.17. The van der Waals surface area contributed by atoms with E-state index in [0.717, 1.165) is 32.1 Å². The van der Waals surface area contributed by atoms with Gasteiger partial charge in [0.25, 0.3) is 0 Å². The van der Waals surface area contributed by atoms with Crippen LogP contribution >= 0.6 is 0 Å². The average Bonchev–Trinajstić information content (AvgIpc) is 2.36. The smallest absolute Gasteiger partial charge is 0.234 e. The van der Waals surface area contributed by atoms with Crippen molar-refractivity contribution in [1.29, 1.82) is 0 Å². The Bertz CT molecular complexity index is 265. The quantitative estimate of drug-likeness (QED) is 0.771. The molecular weight excluding hydrogens is 236 g/mol. The van der Waals surface area contributed by atoms with Crippen LogP contribution in [0.3, 0.4) is 0 Å². The molecular formula is C12H24N2O2S. The molecule has 0 heterocycles. The summed E-state index contributed by atoms with van der Waals surface area (Å²) in [7, 11) is 0.775. The lowest BCUT2D eigenvalue weighted by Gasteiger charge is -2.22. The minimum Gasteiger partial charge on any atom is -0.345 e. The largest absolute Gasteiger partial charge is 0.345 e. The maximum absolute atomic E-state index is 12.0. The normalized spacial score (nSPS) is 18.9. The Labute approximate surface area is 106 Å². The van der Waals surface area contributed by atoms with Crippen LogP contribution in [0.2, 0.25) is 0 Å². The van der Waals surface area contributed by atoms with E-state index in [0.29, 0.717) is 13.1 Å². The van der Waals surface area contributed by atoms with Gasteiger partial charge in [0.15, 0.2) is 0 Å². The van der Waals surface area contributed by atoms with E-state index in [9.17, 15) is 9.00 Å². The molecule has 0 aromatic heterocycles. The van der Waals surface area contributed by atoms with Crippen LogP contribution in [0.15, 0.2) is 0 Å². The molecule has 1 saturated carbocycles. The number of carbonyl (C=O) groups excluding carboxylic acids is 1. The van der Waals surface area contributed by atoms with E-state index in [4.69, 9.17) is 5.73 Å². The zero-order valence-corrected chi connectivity index (χ0v) is 11.5. The van der Waals surface area contributed by atoms with Gasteiger partial charge in [0.2, 0.25) is 5.91 Å². The van der Waals surface area contributed by atoms with Crippen molar-refractivity contribution in [3.05, 3.63) is 0 Å². The van der Waals surface area contributed by atoms with Gasteiger partial charge in [0.05, 0.1) is 0 Å². The van der Waals surface area contributed by atoms with E-state index < -0.39 is 10.8 Å². The second-order valence-electron chi connectivity index (χ2n) is 4.74. The fourth-order valence-electron chi connectivity index (χ4n) is 2.13. The van der Waals surface area contributed by atoms with Crippen molar-refractivity contribution in [3.63, 3.8) is 0 Å². The Morgan fingerprint density at radius 1 is 1.35 bits per heavy atom. The Hall–Kier alpha value is -0.420. The molecule has 1 aliphatic rings. The molecule has 1 rings (SSSR count). The molecule has 2 N–H and O–H groups in total. The zero-order chi connectivity index (χ0) is 12.7. The predicted molar refractivity (Wildman–Crippen MR) is 71.2 cm³/mol. The first-order valence-corrected chi connectivity index (χ1v) is 7.84. The maximum atomic E-state index is 12.0. The molecule has 0 radical (unpaired) electrons. The Morgan fingerprint density at radius 3 is 2.59 bits per heavy atom. The van der Waals surface area contributed by atoms with Gasteiger partial charge in [-0.25, -0.2) is 0 Å². The van der Waals surface area contributed by atoms with Crippen LogP contribution in [-0.2, 0) is 15.6 Å². The Kier molecular flexibility index (Phi) is 6.73. The second-order valence-corrected chi connectivity index (χ2v) is 6.46. The topological polar surface area (TPSA) is 63.4 Å². The van der Waals surface area contributed by atoms with Crippen LogP contribution in [0.4, 0.5) is 0 Å². The van der Waals surface area contributed by atoms with Gasteiger partial charge in [-0.15, -0.1) is 0 Å². The molecule has 4 nitrogen and oxygen atoms in total. The van der Waals surface area contributed by atoms with Crippen molar-refractivity contribution >= 4 is 16.7 Å². The third-order valence-electron chi connectivity index (χ3n) is 3.31. The molecule has 1 amide bonds. The summed E-state index contributed by atoms with van der Waals surface area (Å²) in [5, 5.41) is 0.246. The summed E-state index contributed by atoms with van der Waals surface area (Å²) in [6, 6.07) is 0. The number of amides is 1. The van der Waals surface area contributed by atoms with Crippen LogP contribution in [0.25, 0.3) is 0 Å². The number of nitrogens with zero attached hydrogens (tertiary/aromatic N) is 1. The fourth-order valence-corrected chi connectivity index (χ4v) is 3.69. The van der Waals surface area contributed by atoms with Gasteiger partial charge < -0.3 is 10.6 Å². The highest BCUT2D eigenvalue weighted by molar-refractivity contribution is 7.86. The van der Waals surface area contributed by atoms with Crippen LogP contribution in [0, 0.1) is 0 Å². The summed E-state index contributed by atoms with van der Waals surface area (Å²) in [5.41, 5.74) is 5.40. The summed E-state index contributed by atoms with van der Waals surface area (Å²) < 4.78 is 12.0. The zero-order valence-electron chi connectivity index (χ0n) is 10.7. The minimum absolute atomic E-state index is 0.0117. The third-order valence-corrected chi connectivity index (χ3v) is 5.06. The van der Waals surface area contributed by atoms with Crippen molar-refractivity contribution in [2.75, 3.05) is 25.9 Å². The molecule has 0 aliphatic heterocycles. The van der Waals surface area contributed by atoms with Gasteiger partial charge in [-0.2, -0.15) is 0 Å². The molecule has 0 spiro atoms. The van der Waals surface area contributed by atoms with Crippen LogP contribution in [0.1, 0.15) is 38.5 Å². The molecule has 0 bridgehead atoms. The molecule has 0 aromatic carbocycles. The first-order valence-electron chi connectivity index (χ1n) is 6.46. The molecule has 1 unspecified atom stereocenters. The molecule has 100 valence electrons. The van der Waals surface area contributed by atoms with E-state index in [1.165, 1.54) is 6.42 Å². The molecule has 0 saturated heterocycles. The molecule has 1 fully saturated rings. The SMILES string of the molecule is CN(CCCN)C(=O)CS(=O)C1CCCCC1.